The van der Waals surface area contributed by atoms with Crippen LogP contribution in [0.2, 0.25) is 0 Å². The van der Waals surface area contributed by atoms with Gasteiger partial charge in [0.05, 0.1) is 19.0 Å². The number of carboxylic acids is 1. The van der Waals surface area contributed by atoms with Gasteiger partial charge in [0, 0.05) is 11.1 Å². The minimum atomic E-state index is -3.93. The third-order valence-electron chi connectivity index (χ3n) is 5.53. The number of nitrogen functional groups attached to an aromatic ring is 1. The molecule has 0 aliphatic heterocycles. The molecule has 0 amide bonds. The van der Waals surface area contributed by atoms with Gasteiger partial charge in [0.2, 0.25) is 0 Å². The van der Waals surface area contributed by atoms with Crippen molar-refractivity contribution in [1.29, 1.82) is 0 Å². The molecule has 0 bridgehead atoms. The number of nitrogens with one attached hydrogen (secondary N) is 1. The maximum absolute atomic E-state index is 13.8. The van der Waals surface area contributed by atoms with Gasteiger partial charge in [-0.3, -0.25) is 9.36 Å². The van der Waals surface area contributed by atoms with Crippen molar-refractivity contribution in [1.82, 2.24) is 24.6 Å². The van der Waals surface area contributed by atoms with E-state index in [0.717, 1.165) is 11.1 Å². The lowest BCUT2D eigenvalue weighted by Crippen LogP contribution is -2.33. The molecule has 0 saturated carbocycles. The molecule has 4 rings (SSSR count). The Kier molecular flexibility index (Phi) is 8.47. The number of ether oxygens (including phenoxy) is 1. The van der Waals surface area contributed by atoms with Crippen molar-refractivity contribution < 1.29 is 23.8 Å². The van der Waals surface area contributed by atoms with E-state index in [1.807, 2.05) is 60.7 Å². The van der Waals surface area contributed by atoms with E-state index in [-0.39, 0.29) is 5.82 Å². The minimum Gasteiger partial charge on any atom is -0.480 e. The summed E-state index contributed by atoms with van der Waals surface area (Å²) in [6, 6.07) is 17.3. The summed E-state index contributed by atoms with van der Waals surface area (Å²) >= 11 is 0. The molecule has 0 radical (unpaired) electrons. The first-order valence-electron chi connectivity index (χ1n) is 11.8. The molecule has 2 heterocycles. The van der Waals surface area contributed by atoms with Gasteiger partial charge in [-0.1, -0.05) is 65.8 Å². The number of rotatable bonds is 12. The van der Waals surface area contributed by atoms with E-state index in [0.29, 0.717) is 23.4 Å². The number of hydrogen-bond donors (Lipinski definition) is 3. The molecule has 0 aliphatic carbocycles. The second-order valence-electron chi connectivity index (χ2n) is 8.55. The summed E-state index contributed by atoms with van der Waals surface area (Å²) in [7, 11) is -3.93. The van der Waals surface area contributed by atoms with Crippen molar-refractivity contribution in [2.24, 2.45) is 5.16 Å². The molecular weight excluding hydrogens is 509 g/mol. The van der Waals surface area contributed by atoms with Crippen LogP contribution < -0.4 is 10.8 Å². The predicted molar refractivity (Wildman–Crippen MR) is 143 cm³/mol. The highest BCUT2D eigenvalue weighted by Gasteiger charge is 2.31. The molecule has 3 atom stereocenters. The zero-order valence-corrected chi connectivity index (χ0v) is 21.7. The predicted octanol–water partition coefficient (Wildman–Crippen LogP) is 3.50. The van der Waals surface area contributed by atoms with Gasteiger partial charge in [0.15, 0.2) is 11.5 Å². The first-order valence-corrected chi connectivity index (χ1v) is 13.6. The zero-order valence-electron chi connectivity index (χ0n) is 20.8. The molecule has 0 fully saturated rings. The van der Waals surface area contributed by atoms with Crippen LogP contribution in [0.15, 0.2) is 78.5 Å². The Labute approximate surface area is 219 Å². The first kappa shape index (κ1) is 26.9. The smallest absolute Gasteiger partial charge is 0.364 e. The lowest BCUT2D eigenvalue weighted by atomic mass is 10.0. The normalized spacial score (nSPS) is 14.4. The van der Waals surface area contributed by atoms with Crippen LogP contribution in [0.3, 0.4) is 0 Å². The topological polar surface area (TPSA) is 167 Å². The van der Waals surface area contributed by atoms with E-state index >= 15 is 0 Å². The van der Waals surface area contributed by atoms with Crippen molar-refractivity contribution in [3.05, 3.63) is 84.4 Å². The van der Waals surface area contributed by atoms with Crippen LogP contribution in [0.25, 0.3) is 11.2 Å². The van der Waals surface area contributed by atoms with Gasteiger partial charge in [-0.2, -0.15) is 0 Å². The van der Waals surface area contributed by atoms with Gasteiger partial charge >= 0.3 is 13.5 Å². The van der Waals surface area contributed by atoms with Crippen molar-refractivity contribution >= 4 is 36.2 Å². The first-order chi connectivity index (χ1) is 18.3. The van der Waals surface area contributed by atoms with E-state index < -0.39 is 32.0 Å². The van der Waals surface area contributed by atoms with Crippen molar-refractivity contribution in [2.45, 2.75) is 32.5 Å². The number of imidazole rings is 1. The Hall–Kier alpha value is -4.12. The summed E-state index contributed by atoms with van der Waals surface area (Å²) in [6.45, 7) is 3.44. The largest absolute Gasteiger partial charge is 0.480 e. The molecule has 13 heteroatoms. The van der Waals surface area contributed by atoms with E-state index in [9.17, 15) is 14.5 Å². The number of hydrogen-bond acceptors (Lipinski definition) is 9. The number of fused-ring (bicyclic) bond motifs is 1. The van der Waals surface area contributed by atoms with Gasteiger partial charge < -0.3 is 24.8 Å². The molecule has 0 aliphatic rings. The third-order valence-corrected chi connectivity index (χ3v) is 7.15. The van der Waals surface area contributed by atoms with Crippen LogP contribution in [0.1, 0.15) is 25.0 Å². The maximum Gasteiger partial charge on any atom is 0.364 e. The number of carbonyl (C=O) groups is 1. The number of anilines is 1. The molecule has 4 N–H and O–H groups in total. The number of nitrogens with two attached hydrogens (primary N) is 1. The van der Waals surface area contributed by atoms with Crippen LogP contribution in [0.4, 0.5) is 5.82 Å². The average Bonchev–Trinajstić information content (AvgIpc) is 3.33. The van der Waals surface area contributed by atoms with Crippen LogP contribution >= 0.6 is 7.52 Å². The summed E-state index contributed by atoms with van der Waals surface area (Å²) in [5.74, 6) is -0.933. The molecule has 4 aromatic rings. The quantitative estimate of drug-likeness (QED) is 0.138. The van der Waals surface area contributed by atoms with E-state index in [4.69, 9.17) is 15.1 Å². The van der Waals surface area contributed by atoms with Crippen molar-refractivity contribution in [3.8, 4) is 0 Å². The number of aromatic nitrogens is 4. The van der Waals surface area contributed by atoms with Gasteiger partial charge in [-0.15, -0.1) is 0 Å². The highest BCUT2D eigenvalue weighted by molar-refractivity contribution is 7.56. The summed E-state index contributed by atoms with van der Waals surface area (Å²) in [6.07, 6.45) is 1.99. The Morgan fingerprint density at radius 1 is 1.08 bits per heavy atom. The molecule has 38 heavy (non-hydrogen) atoms. The van der Waals surface area contributed by atoms with E-state index in [2.05, 4.69) is 25.2 Å². The fraction of sp³-hybridized carbons (Fsp3) is 0.240. The van der Waals surface area contributed by atoms with Gasteiger partial charge in [-0.25, -0.2) is 20.0 Å². The highest BCUT2D eigenvalue weighted by Crippen LogP contribution is 2.44. The van der Waals surface area contributed by atoms with Crippen LogP contribution in [-0.2, 0) is 25.3 Å². The average molecular weight is 538 g/mol. The highest BCUT2D eigenvalue weighted by atomic mass is 31.2. The van der Waals surface area contributed by atoms with Crippen LogP contribution in [0, 0.1) is 0 Å². The molecule has 0 spiro atoms. The van der Waals surface area contributed by atoms with Gasteiger partial charge in [0.1, 0.15) is 29.9 Å². The summed E-state index contributed by atoms with van der Waals surface area (Å²) in [5, 5.41) is 16.2. The summed E-state index contributed by atoms with van der Waals surface area (Å²) in [4.78, 5) is 23.9. The SMILES string of the molecule is C[C@H](Cn1cnc2c(N)ncnc21)OCP(=O)(N[C@@H](C)C(=O)O)ON=C(c1ccccc1)c1ccccc1. The monoisotopic (exact) mass is 537 g/mol. The number of benzene rings is 2. The molecular formula is C25H28N7O5P. The van der Waals surface area contributed by atoms with Crippen LogP contribution in [0.5, 0.6) is 0 Å². The molecule has 2 aromatic heterocycles. The Morgan fingerprint density at radius 3 is 2.32 bits per heavy atom. The molecule has 2 aromatic carbocycles. The molecule has 12 nitrogen and oxygen atoms in total. The van der Waals surface area contributed by atoms with Gasteiger partial charge in [-0.05, 0) is 13.8 Å². The second-order valence-corrected chi connectivity index (χ2v) is 10.6. The van der Waals surface area contributed by atoms with Crippen molar-refractivity contribution in [3.63, 3.8) is 0 Å². The summed E-state index contributed by atoms with van der Waals surface area (Å²) < 4.78 is 26.9. The number of carboxylic acid groups (broad SMARTS) is 1. The lowest BCUT2D eigenvalue weighted by Gasteiger charge is -2.22. The van der Waals surface area contributed by atoms with Crippen LogP contribution in [-0.4, -0.2) is 54.8 Å². The fourth-order valence-corrected chi connectivity index (χ4v) is 5.13. The van der Waals surface area contributed by atoms with Crippen molar-refractivity contribution in [2.75, 3.05) is 12.1 Å². The molecule has 198 valence electrons. The lowest BCUT2D eigenvalue weighted by molar-refractivity contribution is -0.138. The fourth-order valence-electron chi connectivity index (χ4n) is 3.59. The molecule has 0 saturated heterocycles. The number of aliphatic carboxylic acids is 1. The Morgan fingerprint density at radius 2 is 1.71 bits per heavy atom. The Balaban J connectivity index is 1.55. The third kappa shape index (κ3) is 6.60. The van der Waals surface area contributed by atoms with Gasteiger partial charge in [0.25, 0.3) is 0 Å². The minimum absolute atomic E-state index is 0.262. The maximum atomic E-state index is 13.8. The molecule has 1 unspecified atom stereocenters. The zero-order chi connectivity index (χ0) is 27.1. The number of nitrogens with zero attached hydrogens (tertiary/aromatic N) is 5. The van der Waals surface area contributed by atoms with E-state index in [1.54, 1.807) is 17.8 Å². The summed E-state index contributed by atoms with van der Waals surface area (Å²) in [5.41, 5.74) is 8.75. The number of oxime groups is 1. The second kappa shape index (κ2) is 12.0. The standard InChI is InChI=1S/C25H28N7O5P/c1-17(13-32-15-29-22-23(26)27-14-28-24(22)32)36-16-38(35,31-18(2)25(33)34)37-30-21(19-9-5-3-6-10-19)20-11-7-4-8-12-20/h3-12,14-15,17-18H,13,16H2,1-2H3,(H,31,35)(H,33,34)(H2,26,27,28)/t17-,18+,38?/m1/s1. The van der Waals surface area contributed by atoms with E-state index in [1.165, 1.54) is 13.3 Å². The Bertz CT molecular complexity index is 1420.